The Morgan fingerprint density at radius 2 is 1.62 bits per heavy atom. The van der Waals surface area contributed by atoms with Crippen LogP contribution in [0.4, 0.5) is 0 Å². The number of aliphatic hydroxyl groups excluding tert-OH is 6. The molecule has 10 heteroatoms. The van der Waals surface area contributed by atoms with Crippen LogP contribution in [0.1, 0.15) is 5.56 Å². The standard InChI is InChI=1S/C19H28O10/c20-8-12-14(23)15(24)17(29-18-16(25)13(22)11(21)9-27-18)19(28-12)26-7-6-10-4-2-1-3-5-10/h1-5,11-25H,6-9H2. The van der Waals surface area contributed by atoms with Gasteiger partial charge in [0.1, 0.15) is 42.7 Å². The van der Waals surface area contributed by atoms with Gasteiger partial charge in [-0.15, -0.1) is 0 Å². The van der Waals surface area contributed by atoms with Gasteiger partial charge in [0, 0.05) is 0 Å². The molecule has 0 saturated carbocycles. The summed E-state index contributed by atoms with van der Waals surface area (Å²) in [7, 11) is 0. The normalized spacial score (nSPS) is 40.7. The lowest BCUT2D eigenvalue weighted by Gasteiger charge is -2.44. The van der Waals surface area contributed by atoms with Gasteiger partial charge in [-0.2, -0.15) is 0 Å². The molecule has 29 heavy (non-hydrogen) atoms. The van der Waals surface area contributed by atoms with Crippen LogP contribution >= 0.6 is 0 Å². The van der Waals surface area contributed by atoms with Crippen molar-refractivity contribution in [2.45, 2.75) is 61.7 Å². The number of aliphatic hydroxyl groups is 6. The van der Waals surface area contributed by atoms with Crippen molar-refractivity contribution >= 4 is 0 Å². The number of hydrogen-bond donors (Lipinski definition) is 6. The summed E-state index contributed by atoms with van der Waals surface area (Å²) in [4.78, 5) is 0. The molecule has 1 aromatic carbocycles. The summed E-state index contributed by atoms with van der Waals surface area (Å²) in [5, 5.41) is 59.5. The molecule has 0 radical (unpaired) electrons. The third-order valence-corrected chi connectivity index (χ3v) is 5.09. The summed E-state index contributed by atoms with van der Waals surface area (Å²) in [5.74, 6) is 0. The maximum atomic E-state index is 10.5. The molecule has 2 aliphatic heterocycles. The SMILES string of the molecule is OCC1OC(OCCc2ccccc2)C(OC2OCC(O)C(O)C2O)C(O)C1O. The first-order valence-electron chi connectivity index (χ1n) is 9.51. The molecule has 2 fully saturated rings. The van der Waals surface area contributed by atoms with Crippen LogP contribution < -0.4 is 0 Å². The number of ether oxygens (including phenoxy) is 4. The molecule has 2 saturated heterocycles. The Kier molecular flexibility index (Phi) is 7.93. The van der Waals surface area contributed by atoms with Gasteiger partial charge in [0.25, 0.3) is 0 Å². The van der Waals surface area contributed by atoms with E-state index in [4.69, 9.17) is 18.9 Å². The summed E-state index contributed by atoms with van der Waals surface area (Å²) < 4.78 is 22.0. The Morgan fingerprint density at radius 1 is 0.897 bits per heavy atom. The maximum Gasteiger partial charge on any atom is 0.187 e. The molecular weight excluding hydrogens is 388 g/mol. The van der Waals surface area contributed by atoms with Gasteiger partial charge >= 0.3 is 0 Å². The van der Waals surface area contributed by atoms with Gasteiger partial charge < -0.3 is 49.6 Å². The molecule has 9 unspecified atom stereocenters. The Balaban J connectivity index is 1.66. The molecule has 0 bridgehead atoms. The van der Waals surface area contributed by atoms with Crippen molar-refractivity contribution in [3.05, 3.63) is 35.9 Å². The second-order valence-corrected chi connectivity index (χ2v) is 7.16. The Bertz CT molecular complexity index is 616. The smallest absolute Gasteiger partial charge is 0.187 e. The molecule has 9 atom stereocenters. The zero-order valence-electron chi connectivity index (χ0n) is 15.7. The van der Waals surface area contributed by atoms with Crippen LogP contribution in [0, 0.1) is 0 Å². The summed E-state index contributed by atoms with van der Waals surface area (Å²) in [6, 6.07) is 9.52. The van der Waals surface area contributed by atoms with E-state index in [1.165, 1.54) is 0 Å². The lowest BCUT2D eigenvalue weighted by Crippen LogP contribution is -2.63. The van der Waals surface area contributed by atoms with E-state index in [0.29, 0.717) is 6.42 Å². The predicted molar refractivity (Wildman–Crippen MR) is 96.5 cm³/mol. The highest BCUT2D eigenvalue weighted by molar-refractivity contribution is 5.14. The molecule has 2 heterocycles. The molecule has 6 N–H and O–H groups in total. The highest BCUT2D eigenvalue weighted by atomic mass is 16.7. The minimum atomic E-state index is -1.58. The average molecular weight is 416 g/mol. The zero-order valence-corrected chi connectivity index (χ0v) is 15.7. The van der Waals surface area contributed by atoms with Crippen molar-refractivity contribution in [3.63, 3.8) is 0 Å². The minimum Gasteiger partial charge on any atom is -0.394 e. The first-order valence-corrected chi connectivity index (χ1v) is 9.51. The number of hydrogen-bond acceptors (Lipinski definition) is 10. The zero-order chi connectivity index (χ0) is 21.0. The van der Waals surface area contributed by atoms with Crippen LogP contribution in [0.25, 0.3) is 0 Å². The Hall–Kier alpha value is -1.18. The van der Waals surface area contributed by atoms with Crippen molar-refractivity contribution in [3.8, 4) is 0 Å². The molecule has 1 aromatic rings. The quantitative estimate of drug-likeness (QED) is 0.281. The van der Waals surface area contributed by atoms with Gasteiger partial charge in [0.05, 0.1) is 19.8 Å². The Morgan fingerprint density at radius 3 is 2.31 bits per heavy atom. The third-order valence-electron chi connectivity index (χ3n) is 5.09. The highest BCUT2D eigenvalue weighted by Gasteiger charge is 2.49. The molecule has 0 amide bonds. The summed E-state index contributed by atoms with van der Waals surface area (Å²) >= 11 is 0. The Labute approximate surface area is 167 Å². The second-order valence-electron chi connectivity index (χ2n) is 7.16. The van der Waals surface area contributed by atoms with E-state index < -0.39 is 61.9 Å². The monoisotopic (exact) mass is 416 g/mol. The van der Waals surface area contributed by atoms with Crippen molar-refractivity contribution in [1.82, 2.24) is 0 Å². The third kappa shape index (κ3) is 5.30. The first-order chi connectivity index (χ1) is 13.9. The molecule has 164 valence electrons. The minimum absolute atomic E-state index is 0.199. The van der Waals surface area contributed by atoms with Gasteiger partial charge in [-0.1, -0.05) is 30.3 Å². The van der Waals surface area contributed by atoms with E-state index in [-0.39, 0.29) is 13.2 Å². The van der Waals surface area contributed by atoms with Gasteiger partial charge in [-0.3, -0.25) is 0 Å². The maximum absolute atomic E-state index is 10.5. The fourth-order valence-electron chi connectivity index (χ4n) is 3.33. The van der Waals surface area contributed by atoms with Crippen LogP contribution in [0.2, 0.25) is 0 Å². The van der Waals surface area contributed by atoms with E-state index in [2.05, 4.69) is 0 Å². The van der Waals surface area contributed by atoms with Gasteiger partial charge in [-0.25, -0.2) is 0 Å². The number of benzene rings is 1. The lowest BCUT2D eigenvalue weighted by molar-refractivity contribution is -0.356. The molecular formula is C19H28O10. The summed E-state index contributed by atoms with van der Waals surface area (Å²) in [5.41, 5.74) is 1.02. The molecule has 10 nitrogen and oxygen atoms in total. The fourth-order valence-corrected chi connectivity index (χ4v) is 3.33. The van der Waals surface area contributed by atoms with Crippen LogP contribution in [0.5, 0.6) is 0 Å². The van der Waals surface area contributed by atoms with Gasteiger partial charge in [0.15, 0.2) is 12.6 Å². The van der Waals surface area contributed by atoms with E-state index in [9.17, 15) is 30.6 Å². The van der Waals surface area contributed by atoms with Gasteiger partial charge in [-0.05, 0) is 12.0 Å². The van der Waals surface area contributed by atoms with Crippen molar-refractivity contribution in [2.24, 2.45) is 0 Å². The second kappa shape index (κ2) is 10.2. The van der Waals surface area contributed by atoms with E-state index in [1.807, 2.05) is 30.3 Å². The van der Waals surface area contributed by atoms with Crippen LogP contribution in [-0.2, 0) is 25.4 Å². The molecule has 3 rings (SSSR count). The van der Waals surface area contributed by atoms with Crippen LogP contribution in [0.3, 0.4) is 0 Å². The lowest BCUT2D eigenvalue weighted by atomic mass is 9.98. The predicted octanol–water partition coefficient (Wildman–Crippen LogP) is -2.49. The van der Waals surface area contributed by atoms with E-state index in [1.54, 1.807) is 0 Å². The van der Waals surface area contributed by atoms with Crippen molar-refractivity contribution in [2.75, 3.05) is 19.8 Å². The summed E-state index contributed by atoms with van der Waals surface area (Å²) in [6.07, 6.45) is -11.7. The molecule has 0 aliphatic carbocycles. The topological polar surface area (TPSA) is 158 Å². The van der Waals surface area contributed by atoms with Gasteiger partial charge in [0.2, 0.25) is 0 Å². The summed E-state index contributed by atoms with van der Waals surface area (Å²) in [6.45, 7) is -0.629. The molecule has 2 aliphatic rings. The van der Waals surface area contributed by atoms with Crippen molar-refractivity contribution in [1.29, 1.82) is 0 Å². The average Bonchev–Trinajstić information content (AvgIpc) is 2.73. The highest BCUT2D eigenvalue weighted by Crippen LogP contribution is 2.28. The van der Waals surface area contributed by atoms with Crippen LogP contribution in [-0.4, -0.2) is 106 Å². The fraction of sp³-hybridized carbons (Fsp3) is 0.684. The van der Waals surface area contributed by atoms with Crippen molar-refractivity contribution < 1.29 is 49.6 Å². The molecule has 0 spiro atoms. The largest absolute Gasteiger partial charge is 0.394 e. The first kappa shape index (κ1) is 22.5. The van der Waals surface area contributed by atoms with Crippen LogP contribution in [0.15, 0.2) is 30.3 Å². The van der Waals surface area contributed by atoms with E-state index >= 15 is 0 Å². The number of rotatable bonds is 7. The van der Waals surface area contributed by atoms with E-state index in [0.717, 1.165) is 5.56 Å². The molecule has 0 aromatic heterocycles.